The fourth-order valence-electron chi connectivity index (χ4n) is 2.27. The highest BCUT2D eigenvalue weighted by Gasteiger charge is 1.98. The van der Waals surface area contributed by atoms with Gasteiger partial charge in [-0.3, -0.25) is 4.79 Å². The molecule has 0 fully saturated rings. The van der Waals surface area contributed by atoms with E-state index in [4.69, 9.17) is 0 Å². The molecule has 0 spiro atoms. The van der Waals surface area contributed by atoms with E-state index in [1.54, 1.807) is 0 Å². The van der Waals surface area contributed by atoms with Gasteiger partial charge in [0.1, 0.15) is 0 Å². The van der Waals surface area contributed by atoms with Gasteiger partial charge in [0, 0.05) is 6.42 Å². The Morgan fingerprint density at radius 2 is 1.30 bits per heavy atom. The Hall–Kier alpha value is -0.790. The molecule has 0 saturated carbocycles. The summed E-state index contributed by atoms with van der Waals surface area (Å²) >= 11 is 0. The van der Waals surface area contributed by atoms with E-state index in [0.717, 1.165) is 12.8 Å². The van der Waals surface area contributed by atoms with Crippen LogP contribution in [0.4, 0.5) is 0 Å². The van der Waals surface area contributed by atoms with E-state index < -0.39 is 0 Å². The van der Waals surface area contributed by atoms with Crippen LogP contribution in [-0.4, -0.2) is 13.1 Å². The first kappa shape index (κ1) is 19.2. The molecule has 0 saturated heterocycles. The van der Waals surface area contributed by atoms with Gasteiger partial charge in [-0.1, -0.05) is 64.0 Å². The lowest BCUT2D eigenvalue weighted by molar-refractivity contribution is -0.140. The van der Waals surface area contributed by atoms with Crippen molar-refractivity contribution < 1.29 is 9.53 Å². The van der Waals surface area contributed by atoms with Crippen LogP contribution in [0.5, 0.6) is 0 Å². The zero-order chi connectivity index (χ0) is 14.9. The van der Waals surface area contributed by atoms with E-state index in [-0.39, 0.29) is 5.97 Å². The van der Waals surface area contributed by atoms with Gasteiger partial charge in [-0.05, 0) is 32.1 Å². The maximum absolute atomic E-state index is 10.9. The van der Waals surface area contributed by atoms with E-state index in [9.17, 15) is 4.79 Å². The number of unbranched alkanes of at least 4 members (excludes halogenated alkanes) is 10. The molecular formula is C18H34O2. The fourth-order valence-corrected chi connectivity index (χ4v) is 2.27. The number of esters is 1. The first-order valence-electron chi connectivity index (χ1n) is 8.53. The average Bonchev–Trinajstić information content (AvgIpc) is 2.47. The second-order valence-electron chi connectivity index (χ2n) is 5.56. The largest absolute Gasteiger partial charge is 0.469 e. The Balaban J connectivity index is 3.10. The smallest absolute Gasteiger partial charge is 0.305 e. The SMILES string of the molecule is CCCCCCCC/C=C\CCCCCCC(=O)OC. The maximum Gasteiger partial charge on any atom is 0.305 e. The standard InChI is InChI=1S/C18H34O2/c1-3-4-5-6-7-8-9-10-11-12-13-14-15-16-17-18(19)20-2/h10-11H,3-9,12-17H2,1-2H3/b11-10-. The molecule has 0 atom stereocenters. The maximum atomic E-state index is 10.9. The minimum absolute atomic E-state index is 0.0798. The lowest BCUT2D eigenvalue weighted by Gasteiger charge is -1.99. The van der Waals surface area contributed by atoms with E-state index in [2.05, 4.69) is 23.8 Å². The minimum atomic E-state index is -0.0798. The number of methoxy groups -OCH3 is 1. The third-order valence-electron chi connectivity index (χ3n) is 3.62. The number of hydrogen-bond donors (Lipinski definition) is 0. The predicted octanol–water partition coefficient (Wildman–Crippen LogP) is 5.81. The zero-order valence-corrected chi connectivity index (χ0v) is 13.7. The van der Waals surface area contributed by atoms with Crippen LogP contribution in [-0.2, 0) is 9.53 Å². The Bertz CT molecular complexity index is 234. The lowest BCUT2D eigenvalue weighted by atomic mass is 10.1. The van der Waals surface area contributed by atoms with E-state index in [0.29, 0.717) is 6.42 Å². The lowest BCUT2D eigenvalue weighted by Crippen LogP contribution is -1.98. The Kier molecular flexibility index (Phi) is 15.6. The molecule has 118 valence electrons. The van der Waals surface area contributed by atoms with E-state index in [1.807, 2.05) is 0 Å². The molecule has 0 rings (SSSR count). The van der Waals surface area contributed by atoms with Crippen molar-refractivity contribution in [2.24, 2.45) is 0 Å². The van der Waals surface area contributed by atoms with Crippen molar-refractivity contribution in [2.75, 3.05) is 7.11 Å². The van der Waals surface area contributed by atoms with Crippen LogP contribution in [0.3, 0.4) is 0 Å². The summed E-state index contributed by atoms with van der Waals surface area (Å²) < 4.78 is 4.61. The van der Waals surface area contributed by atoms with Crippen molar-refractivity contribution >= 4 is 5.97 Å². The molecule has 0 aliphatic carbocycles. The highest BCUT2D eigenvalue weighted by molar-refractivity contribution is 5.68. The summed E-state index contributed by atoms with van der Waals surface area (Å²) in [6.07, 6.45) is 20.5. The third kappa shape index (κ3) is 15.3. The van der Waals surface area contributed by atoms with Gasteiger partial charge in [0.05, 0.1) is 7.11 Å². The highest BCUT2D eigenvalue weighted by atomic mass is 16.5. The molecule has 2 heteroatoms. The molecule has 0 N–H and O–H groups in total. The topological polar surface area (TPSA) is 26.3 Å². The van der Waals surface area contributed by atoms with Crippen LogP contribution in [0.15, 0.2) is 12.2 Å². The molecular weight excluding hydrogens is 248 g/mol. The van der Waals surface area contributed by atoms with Crippen molar-refractivity contribution in [1.29, 1.82) is 0 Å². The number of ether oxygens (including phenoxy) is 1. The molecule has 0 aliphatic heterocycles. The average molecular weight is 282 g/mol. The Morgan fingerprint density at radius 1 is 0.800 bits per heavy atom. The zero-order valence-electron chi connectivity index (χ0n) is 13.7. The summed E-state index contributed by atoms with van der Waals surface area (Å²) in [6, 6.07) is 0. The highest BCUT2D eigenvalue weighted by Crippen LogP contribution is 2.09. The first-order chi connectivity index (χ1) is 9.81. The third-order valence-corrected chi connectivity index (χ3v) is 3.62. The summed E-state index contributed by atoms with van der Waals surface area (Å²) in [6.45, 7) is 2.26. The van der Waals surface area contributed by atoms with Crippen molar-refractivity contribution in [3.05, 3.63) is 12.2 Å². The van der Waals surface area contributed by atoms with Crippen LogP contribution in [0.25, 0.3) is 0 Å². The first-order valence-corrected chi connectivity index (χ1v) is 8.53. The van der Waals surface area contributed by atoms with Crippen molar-refractivity contribution in [3.8, 4) is 0 Å². The van der Waals surface area contributed by atoms with Gasteiger partial charge in [0.2, 0.25) is 0 Å². The van der Waals surface area contributed by atoms with Crippen LogP contribution in [0.2, 0.25) is 0 Å². The second kappa shape index (κ2) is 16.3. The Morgan fingerprint density at radius 3 is 1.85 bits per heavy atom. The van der Waals surface area contributed by atoms with Crippen molar-refractivity contribution in [3.63, 3.8) is 0 Å². The van der Waals surface area contributed by atoms with E-state index in [1.165, 1.54) is 71.3 Å². The molecule has 0 aliphatic rings. The van der Waals surface area contributed by atoms with Gasteiger partial charge in [-0.15, -0.1) is 0 Å². The minimum Gasteiger partial charge on any atom is -0.469 e. The molecule has 0 aromatic heterocycles. The number of hydrogen-bond acceptors (Lipinski definition) is 2. The molecule has 0 unspecified atom stereocenters. The quantitative estimate of drug-likeness (QED) is 0.228. The summed E-state index contributed by atoms with van der Waals surface area (Å²) in [4.78, 5) is 10.9. The van der Waals surface area contributed by atoms with Gasteiger partial charge in [-0.25, -0.2) is 0 Å². The molecule has 0 aromatic rings. The molecule has 0 radical (unpaired) electrons. The number of rotatable bonds is 14. The van der Waals surface area contributed by atoms with E-state index >= 15 is 0 Å². The monoisotopic (exact) mass is 282 g/mol. The summed E-state index contributed by atoms with van der Waals surface area (Å²) in [5.74, 6) is -0.0798. The van der Waals surface area contributed by atoms with Gasteiger partial charge in [-0.2, -0.15) is 0 Å². The van der Waals surface area contributed by atoms with Crippen molar-refractivity contribution in [1.82, 2.24) is 0 Å². The summed E-state index contributed by atoms with van der Waals surface area (Å²) in [5, 5.41) is 0. The number of carbonyl (C=O) groups excluding carboxylic acids is 1. The molecule has 0 heterocycles. The fraction of sp³-hybridized carbons (Fsp3) is 0.833. The normalized spacial score (nSPS) is 11.1. The van der Waals surface area contributed by atoms with Gasteiger partial charge in [0.25, 0.3) is 0 Å². The molecule has 0 bridgehead atoms. The molecule has 0 amide bonds. The Labute approximate surface area is 126 Å². The predicted molar refractivity (Wildman–Crippen MR) is 86.9 cm³/mol. The van der Waals surface area contributed by atoms with Crippen LogP contribution < -0.4 is 0 Å². The van der Waals surface area contributed by atoms with Gasteiger partial charge >= 0.3 is 5.97 Å². The number of allylic oxidation sites excluding steroid dienone is 2. The van der Waals surface area contributed by atoms with Crippen LogP contribution in [0.1, 0.15) is 90.4 Å². The van der Waals surface area contributed by atoms with Crippen molar-refractivity contribution in [2.45, 2.75) is 90.4 Å². The second-order valence-corrected chi connectivity index (χ2v) is 5.56. The summed E-state index contributed by atoms with van der Waals surface area (Å²) in [5.41, 5.74) is 0. The van der Waals surface area contributed by atoms with Crippen LogP contribution in [0, 0.1) is 0 Å². The molecule has 20 heavy (non-hydrogen) atoms. The molecule has 2 nitrogen and oxygen atoms in total. The summed E-state index contributed by atoms with van der Waals surface area (Å²) in [7, 11) is 1.46. The molecule has 0 aromatic carbocycles. The van der Waals surface area contributed by atoms with Gasteiger partial charge < -0.3 is 4.74 Å². The number of carbonyl (C=O) groups is 1. The van der Waals surface area contributed by atoms with Crippen LogP contribution >= 0.6 is 0 Å². The van der Waals surface area contributed by atoms with Gasteiger partial charge in [0.15, 0.2) is 0 Å².